The van der Waals surface area contributed by atoms with E-state index in [-0.39, 0.29) is 6.04 Å². The average Bonchev–Trinajstić information content (AvgIpc) is 3.20. The molecule has 4 nitrogen and oxygen atoms in total. The lowest BCUT2D eigenvalue weighted by atomic mass is 10.1. The van der Waals surface area contributed by atoms with Gasteiger partial charge in [-0.25, -0.2) is 0 Å². The normalized spacial score (nSPS) is 15.3. The minimum atomic E-state index is 0.266. The van der Waals surface area contributed by atoms with Gasteiger partial charge in [-0.05, 0) is 86.9 Å². The van der Waals surface area contributed by atoms with Gasteiger partial charge in [0.05, 0.1) is 23.9 Å². The zero-order chi connectivity index (χ0) is 20.1. The molecule has 1 saturated heterocycles. The number of methoxy groups -OCH3 is 1. The lowest BCUT2D eigenvalue weighted by Crippen LogP contribution is -2.38. The predicted octanol–water partition coefficient (Wildman–Crippen LogP) is 5.09. The Balaban J connectivity index is 1.68. The smallest absolute Gasteiger partial charge is 0.170 e. The average molecular weight is 418 g/mol. The summed E-state index contributed by atoms with van der Waals surface area (Å²) in [5, 5.41) is 7.94. The molecule has 1 heterocycles. The van der Waals surface area contributed by atoms with E-state index >= 15 is 0 Å². The first kappa shape index (κ1) is 20.9. The number of ether oxygens (including phenoxy) is 1. The third-order valence-corrected chi connectivity index (χ3v) is 5.75. The van der Waals surface area contributed by atoms with Gasteiger partial charge in [0.15, 0.2) is 5.11 Å². The minimum absolute atomic E-state index is 0.266. The highest BCUT2D eigenvalue weighted by molar-refractivity contribution is 7.80. The van der Waals surface area contributed by atoms with Gasteiger partial charge in [-0.3, -0.25) is 4.90 Å². The van der Waals surface area contributed by atoms with E-state index in [9.17, 15) is 0 Å². The van der Waals surface area contributed by atoms with Crippen molar-refractivity contribution in [1.29, 1.82) is 0 Å². The highest BCUT2D eigenvalue weighted by Gasteiger charge is 2.23. The number of likely N-dealkylation sites (tertiary alicyclic amines) is 1. The Morgan fingerprint density at radius 1 is 1.18 bits per heavy atom. The number of aryl methyl sites for hydroxylation is 2. The fourth-order valence-corrected chi connectivity index (χ4v) is 4.31. The molecule has 2 aromatic rings. The molecule has 6 heteroatoms. The molecule has 0 bridgehead atoms. The van der Waals surface area contributed by atoms with Gasteiger partial charge in [0, 0.05) is 6.54 Å². The number of thiocarbonyl (C=S) groups is 1. The number of nitrogens with one attached hydrogen (secondary N) is 2. The molecule has 2 N–H and O–H groups in total. The second-order valence-corrected chi connectivity index (χ2v) is 8.12. The van der Waals surface area contributed by atoms with Gasteiger partial charge in [-0.15, -0.1) is 0 Å². The van der Waals surface area contributed by atoms with Crippen molar-refractivity contribution in [3.8, 4) is 5.75 Å². The first-order chi connectivity index (χ1) is 13.5. The lowest BCUT2D eigenvalue weighted by molar-refractivity contribution is 0.246. The summed E-state index contributed by atoms with van der Waals surface area (Å²) in [5.74, 6) is 0.874. The SMILES string of the molecule is COc1ccc([C@@H](CNC(=S)Nc2c(C)cc(C)cc2Cl)N2CCCC2)cc1. The summed E-state index contributed by atoms with van der Waals surface area (Å²) in [5.41, 5.74) is 4.36. The largest absolute Gasteiger partial charge is 0.497 e. The Labute approximate surface area is 178 Å². The van der Waals surface area contributed by atoms with Gasteiger partial charge in [-0.1, -0.05) is 29.8 Å². The zero-order valence-electron chi connectivity index (χ0n) is 16.7. The van der Waals surface area contributed by atoms with Crippen molar-refractivity contribution in [3.05, 3.63) is 58.1 Å². The molecular weight excluding hydrogens is 390 g/mol. The zero-order valence-corrected chi connectivity index (χ0v) is 18.3. The van der Waals surface area contributed by atoms with Crippen LogP contribution in [-0.2, 0) is 0 Å². The maximum Gasteiger partial charge on any atom is 0.170 e. The van der Waals surface area contributed by atoms with E-state index in [1.54, 1.807) is 7.11 Å². The fourth-order valence-electron chi connectivity index (χ4n) is 3.76. The third-order valence-electron chi connectivity index (χ3n) is 5.21. The Kier molecular flexibility index (Phi) is 7.16. The fraction of sp³-hybridized carbons (Fsp3) is 0.409. The number of benzene rings is 2. The second kappa shape index (κ2) is 9.59. The summed E-state index contributed by atoms with van der Waals surface area (Å²) < 4.78 is 5.30. The van der Waals surface area contributed by atoms with Crippen molar-refractivity contribution >= 4 is 34.6 Å². The van der Waals surface area contributed by atoms with Gasteiger partial charge in [-0.2, -0.15) is 0 Å². The maximum atomic E-state index is 6.40. The van der Waals surface area contributed by atoms with Gasteiger partial charge in [0.1, 0.15) is 5.75 Å². The summed E-state index contributed by atoms with van der Waals surface area (Å²) in [7, 11) is 1.69. The first-order valence-electron chi connectivity index (χ1n) is 9.67. The van der Waals surface area contributed by atoms with Crippen molar-refractivity contribution in [3.63, 3.8) is 0 Å². The van der Waals surface area contributed by atoms with E-state index < -0.39 is 0 Å². The number of halogens is 1. The van der Waals surface area contributed by atoms with Gasteiger partial charge < -0.3 is 15.4 Å². The number of rotatable bonds is 6. The van der Waals surface area contributed by atoms with Crippen molar-refractivity contribution in [2.75, 3.05) is 32.1 Å². The number of hydrogen-bond donors (Lipinski definition) is 2. The number of nitrogens with zero attached hydrogens (tertiary/aromatic N) is 1. The lowest BCUT2D eigenvalue weighted by Gasteiger charge is -2.29. The van der Waals surface area contributed by atoms with Gasteiger partial charge in [0.25, 0.3) is 0 Å². The highest BCUT2D eigenvalue weighted by Crippen LogP contribution is 2.28. The van der Waals surface area contributed by atoms with Crippen LogP contribution in [0.5, 0.6) is 5.75 Å². The standard InChI is InChI=1S/C22H28ClN3OS/c1-15-12-16(2)21(19(23)13-15)25-22(28)24-14-20(26-10-4-5-11-26)17-6-8-18(27-3)9-7-17/h6-9,12-13,20H,4-5,10-11,14H2,1-3H3,(H2,24,25,28)/t20-/m1/s1. The Hall–Kier alpha value is -1.82. The molecule has 0 saturated carbocycles. The molecule has 1 atom stereocenters. The third kappa shape index (κ3) is 5.16. The summed E-state index contributed by atoms with van der Waals surface area (Å²) in [6.45, 7) is 7.03. The van der Waals surface area contributed by atoms with Gasteiger partial charge >= 0.3 is 0 Å². The maximum absolute atomic E-state index is 6.40. The molecule has 0 radical (unpaired) electrons. The summed E-state index contributed by atoms with van der Waals surface area (Å²) in [4.78, 5) is 2.52. The molecule has 1 aliphatic rings. The Bertz CT molecular complexity index is 796. The Morgan fingerprint density at radius 3 is 2.46 bits per heavy atom. The topological polar surface area (TPSA) is 36.5 Å². The number of anilines is 1. The predicted molar refractivity (Wildman–Crippen MR) is 122 cm³/mol. The van der Waals surface area contributed by atoms with E-state index in [0.29, 0.717) is 10.1 Å². The number of hydrogen-bond acceptors (Lipinski definition) is 3. The highest BCUT2D eigenvalue weighted by atomic mass is 35.5. The van der Waals surface area contributed by atoms with Crippen LogP contribution < -0.4 is 15.4 Å². The summed E-state index contributed by atoms with van der Waals surface area (Å²) in [6.07, 6.45) is 2.49. The first-order valence-corrected chi connectivity index (χ1v) is 10.5. The molecular formula is C22H28ClN3OS. The van der Waals surface area contributed by atoms with Crippen LogP contribution in [0.3, 0.4) is 0 Å². The molecule has 150 valence electrons. The molecule has 0 unspecified atom stereocenters. The van der Waals surface area contributed by atoms with Crippen molar-refractivity contribution in [1.82, 2.24) is 10.2 Å². The monoisotopic (exact) mass is 417 g/mol. The van der Waals surface area contributed by atoms with Gasteiger partial charge in [0.2, 0.25) is 0 Å². The van der Waals surface area contributed by atoms with E-state index in [2.05, 4.69) is 33.7 Å². The van der Waals surface area contributed by atoms with Crippen molar-refractivity contribution < 1.29 is 4.74 Å². The van der Waals surface area contributed by atoms with Crippen LogP contribution in [0.4, 0.5) is 5.69 Å². The second-order valence-electron chi connectivity index (χ2n) is 7.31. The van der Waals surface area contributed by atoms with Crippen LogP contribution in [0.1, 0.15) is 35.6 Å². The van der Waals surface area contributed by atoms with Crippen molar-refractivity contribution in [2.24, 2.45) is 0 Å². The summed E-state index contributed by atoms with van der Waals surface area (Å²) >= 11 is 12.0. The molecule has 3 rings (SSSR count). The molecule has 0 amide bonds. The van der Waals surface area contributed by atoms with Crippen LogP contribution in [0.15, 0.2) is 36.4 Å². The molecule has 1 aliphatic heterocycles. The molecule has 0 spiro atoms. The quantitative estimate of drug-likeness (QED) is 0.640. The molecule has 28 heavy (non-hydrogen) atoms. The van der Waals surface area contributed by atoms with Crippen LogP contribution in [0, 0.1) is 13.8 Å². The summed E-state index contributed by atoms with van der Waals surface area (Å²) in [6, 6.07) is 12.6. The van der Waals surface area contributed by atoms with E-state index in [1.807, 2.05) is 32.0 Å². The van der Waals surface area contributed by atoms with Crippen LogP contribution in [0.25, 0.3) is 0 Å². The molecule has 2 aromatic carbocycles. The minimum Gasteiger partial charge on any atom is -0.497 e. The van der Waals surface area contributed by atoms with Crippen LogP contribution in [-0.4, -0.2) is 36.8 Å². The van der Waals surface area contributed by atoms with Crippen LogP contribution >= 0.6 is 23.8 Å². The molecule has 1 fully saturated rings. The Morgan fingerprint density at radius 2 is 1.86 bits per heavy atom. The van der Waals surface area contributed by atoms with E-state index in [1.165, 1.54) is 18.4 Å². The van der Waals surface area contributed by atoms with E-state index in [0.717, 1.165) is 42.2 Å². The molecule has 0 aromatic heterocycles. The van der Waals surface area contributed by atoms with E-state index in [4.69, 9.17) is 28.6 Å². The van der Waals surface area contributed by atoms with Crippen molar-refractivity contribution in [2.45, 2.75) is 32.7 Å². The van der Waals surface area contributed by atoms with Crippen LogP contribution in [0.2, 0.25) is 5.02 Å². The molecule has 0 aliphatic carbocycles.